The van der Waals surface area contributed by atoms with Crippen LogP contribution in [0.3, 0.4) is 0 Å². The fourth-order valence-electron chi connectivity index (χ4n) is 5.89. The van der Waals surface area contributed by atoms with Crippen LogP contribution < -0.4 is 10.6 Å². The first-order valence-corrected chi connectivity index (χ1v) is 11.7. The molecule has 2 saturated heterocycles. The molecular formula is C27H21F2N3O5. The Kier molecular flexibility index (Phi) is 5.06. The summed E-state index contributed by atoms with van der Waals surface area (Å²) in [4.78, 5) is 42.1. The summed E-state index contributed by atoms with van der Waals surface area (Å²) in [6.45, 7) is -0.106. The summed E-state index contributed by atoms with van der Waals surface area (Å²) in [5.41, 5.74) is -0.00649. The van der Waals surface area contributed by atoms with E-state index in [-0.39, 0.29) is 30.0 Å². The Hall–Kier alpha value is -4.31. The standard InChI is InChI=1S/C27H21F2N3O5/c28-15-4-1-13(2-5-15)12-32-24(35)22-19(9-14-3-8-20(33)21(34)10-14)31-27(23(22)25(32)36)17-11-16(29)6-7-18(17)30-26(27)37/h1-8,10-11,19,22-23,31,33-34H,9,12H2,(H,30,37)/t19?,22-,23+,27?/m1/s1. The molecule has 3 aliphatic heterocycles. The van der Waals surface area contributed by atoms with Crippen molar-refractivity contribution >= 4 is 23.4 Å². The van der Waals surface area contributed by atoms with Gasteiger partial charge in [-0.15, -0.1) is 0 Å². The molecule has 4 atom stereocenters. The minimum absolute atomic E-state index is 0.106. The SMILES string of the molecule is O=C1[C@@H]2C(Cc3ccc(O)c(O)c3)NC3(C(=O)Nc4ccc(F)cc43)[C@@H]2C(=O)N1Cc1ccc(F)cc1. The first-order valence-electron chi connectivity index (χ1n) is 11.7. The third-order valence-corrected chi connectivity index (χ3v) is 7.52. The number of phenols is 2. The van der Waals surface area contributed by atoms with Crippen LogP contribution in [0, 0.1) is 23.5 Å². The molecule has 3 heterocycles. The van der Waals surface area contributed by atoms with Gasteiger partial charge in [0.25, 0.3) is 0 Å². The number of nitrogens with zero attached hydrogens (tertiary/aromatic N) is 1. The number of amides is 3. The van der Waals surface area contributed by atoms with E-state index < -0.39 is 52.8 Å². The van der Waals surface area contributed by atoms with Crippen LogP contribution in [0.1, 0.15) is 16.7 Å². The summed E-state index contributed by atoms with van der Waals surface area (Å²) in [5, 5.41) is 25.5. The lowest BCUT2D eigenvalue weighted by Crippen LogP contribution is -2.53. The number of imide groups is 1. The molecule has 2 unspecified atom stereocenters. The maximum absolute atomic E-state index is 14.4. The lowest BCUT2D eigenvalue weighted by molar-refractivity contribution is -0.143. The lowest BCUT2D eigenvalue weighted by atomic mass is 9.76. The van der Waals surface area contributed by atoms with Gasteiger partial charge >= 0.3 is 0 Å². The average Bonchev–Trinajstić information content (AvgIpc) is 3.43. The van der Waals surface area contributed by atoms with Crippen molar-refractivity contribution < 1.29 is 33.4 Å². The van der Waals surface area contributed by atoms with Crippen molar-refractivity contribution in [1.82, 2.24) is 10.2 Å². The lowest BCUT2D eigenvalue weighted by Gasteiger charge is -2.29. The van der Waals surface area contributed by atoms with E-state index in [1.165, 1.54) is 54.6 Å². The summed E-state index contributed by atoms with van der Waals surface area (Å²) in [7, 11) is 0. The van der Waals surface area contributed by atoms with E-state index in [4.69, 9.17) is 0 Å². The monoisotopic (exact) mass is 505 g/mol. The molecule has 1 spiro atoms. The van der Waals surface area contributed by atoms with E-state index in [0.717, 1.165) is 4.90 Å². The number of halogens is 2. The molecule has 0 aliphatic carbocycles. The number of nitrogens with one attached hydrogen (secondary N) is 2. The predicted octanol–water partition coefficient (Wildman–Crippen LogP) is 2.54. The highest BCUT2D eigenvalue weighted by Crippen LogP contribution is 2.53. The highest BCUT2D eigenvalue weighted by atomic mass is 19.1. The van der Waals surface area contributed by atoms with Crippen molar-refractivity contribution in [3.05, 3.63) is 89.0 Å². The Morgan fingerprint density at radius 1 is 0.838 bits per heavy atom. The molecule has 6 rings (SSSR count). The number of carbonyl (C=O) groups is 3. The zero-order valence-electron chi connectivity index (χ0n) is 19.2. The number of hydrogen-bond donors (Lipinski definition) is 4. The Morgan fingerprint density at radius 3 is 2.27 bits per heavy atom. The van der Waals surface area contributed by atoms with E-state index in [2.05, 4.69) is 10.6 Å². The van der Waals surface area contributed by atoms with E-state index in [0.29, 0.717) is 16.8 Å². The molecule has 188 valence electrons. The fourth-order valence-corrected chi connectivity index (χ4v) is 5.89. The van der Waals surface area contributed by atoms with Crippen LogP contribution in [0.25, 0.3) is 0 Å². The van der Waals surface area contributed by atoms with Crippen LogP contribution in [0.4, 0.5) is 14.5 Å². The number of fused-ring (bicyclic) bond motifs is 4. The number of hydrogen-bond acceptors (Lipinski definition) is 6. The predicted molar refractivity (Wildman–Crippen MR) is 126 cm³/mol. The van der Waals surface area contributed by atoms with E-state index >= 15 is 0 Å². The van der Waals surface area contributed by atoms with Crippen LogP contribution in [0.2, 0.25) is 0 Å². The molecule has 2 fully saturated rings. The number of phenolic OH excluding ortho intramolecular Hbond substituents is 2. The maximum atomic E-state index is 14.4. The maximum Gasteiger partial charge on any atom is 0.250 e. The van der Waals surface area contributed by atoms with Gasteiger partial charge in [-0.1, -0.05) is 18.2 Å². The van der Waals surface area contributed by atoms with Crippen molar-refractivity contribution in [2.45, 2.75) is 24.5 Å². The number of rotatable bonds is 4. The molecule has 3 aromatic rings. The molecule has 0 saturated carbocycles. The minimum atomic E-state index is -1.68. The number of aromatic hydroxyl groups is 2. The van der Waals surface area contributed by atoms with E-state index in [1.807, 2.05) is 0 Å². The second kappa shape index (κ2) is 8.10. The first-order chi connectivity index (χ1) is 17.7. The van der Waals surface area contributed by atoms with Gasteiger partial charge in [0.2, 0.25) is 17.7 Å². The van der Waals surface area contributed by atoms with Gasteiger partial charge in [0.05, 0.1) is 18.4 Å². The highest BCUT2D eigenvalue weighted by Gasteiger charge is 2.70. The van der Waals surface area contributed by atoms with Gasteiger partial charge < -0.3 is 15.5 Å². The summed E-state index contributed by atoms with van der Waals surface area (Å²) in [6.07, 6.45) is 0.137. The van der Waals surface area contributed by atoms with Gasteiger partial charge in [-0.25, -0.2) is 8.78 Å². The van der Waals surface area contributed by atoms with Crippen LogP contribution in [0.5, 0.6) is 11.5 Å². The number of benzene rings is 3. The summed E-state index contributed by atoms with van der Waals surface area (Å²) >= 11 is 0. The van der Waals surface area contributed by atoms with Gasteiger partial charge in [0.1, 0.15) is 17.2 Å². The first kappa shape index (κ1) is 23.1. The molecule has 10 heteroatoms. The number of likely N-dealkylation sites (tertiary alicyclic amines) is 1. The molecule has 3 amide bonds. The normalized spacial score (nSPS) is 26.1. The van der Waals surface area contributed by atoms with E-state index in [1.54, 1.807) is 6.07 Å². The van der Waals surface area contributed by atoms with Crippen molar-refractivity contribution in [2.24, 2.45) is 11.8 Å². The highest BCUT2D eigenvalue weighted by molar-refractivity contribution is 6.15. The second-order valence-electron chi connectivity index (χ2n) is 9.62. The average molecular weight is 505 g/mol. The largest absolute Gasteiger partial charge is 0.504 e. The summed E-state index contributed by atoms with van der Waals surface area (Å²) in [6, 6.07) is 12.7. The molecular weight excluding hydrogens is 484 g/mol. The topological polar surface area (TPSA) is 119 Å². The molecule has 8 nitrogen and oxygen atoms in total. The smallest absolute Gasteiger partial charge is 0.250 e. The zero-order valence-corrected chi connectivity index (χ0v) is 19.2. The number of anilines is 1. The van der Waals surface area contributed by atoms with Gasteiger partial charge in [0, 0.05) is 17.3 Å². The van der Waals surface area contributed by atoms with Gasteiger partial charge in [-0.05, 0) is 60.0 Å². The Bertz CT molecular complexity index is 1480. The quantitative estimate of drug-likeness (QED) is 0.320. The molecule has 4 N–H and O–H groups in total. The third kappa shape index (κ3) is 3.40. The van der Waals surface area contributed by atoms with Gasteiger partial charge in [-0.3, -0.25) is 24.6 Å². The van der Waals surface area contributed by atoms with Crippen molar-refractivity contribution in [3.8, 4) is 11.5 Å². The third-order valence-electron chi connectivity index (χ3n) is 7.52. The Labute approximate surface area is 209 Å². The summed E-state index contributed by atoms with van der Waals surface area (Å²) in [5.74, 6) is -5.49. The Balaban J connectivity index is 1.44. The van der Waals surface area contributed by atoms with Crippen LogP contribution in [0.15, 0.2) is 60.7 Å². The van der Waals surface area contributed by atoms with Crippen LogP contribution in [-0.4, -0.2) is 38.9 Å². The molecule has 37 heavy (non-hydrogen) atoms. The Morgan fingerprint density at radius 2 is 1.54 bits per heavy atom. The van der Waals surface area contributed by atoms with Crippen molar-refractivity contribution in [2.75, 3.05) is 5.32 Å². The molecule has 0 aromatic heterocycles. The molecule has 0 radical (unpaired) electrons. The minimum Gasteiger partial charge on any atom is -0.504 e. The van der Waals surface area contributed by atoms with Gasteiger partial charge in [0.15, 0.2) is 11.5 Å². The van der Waals surface area contributed by atoms with E-state index in [9.17, 15) is 33.4 Å². The zero-order chi connectivity index (χ0) is 26.1. The second-order valence-corrected chi connectivity index (χ2v) is 9.62. The van der Waals surface area contributed by atoms with Crippen molar-refractivity contribution in [1.29, 1.82) is 0 Å². The molecule has 3 aromatic carbocycles. The van der Waals surface area contributed by atoms with Gasteiger partial charge in [-0.2, -0.15) is 0 Å². The summed E-state index contributed by atoms with van der Waals surface area (Å²) < 4.78 is 27.8. The fraction of sp³-hybridized carbons (Fsp3) is 0.222. The van der Waals surface area contributed by atoms with Crippen molar-refractivity contribution in [3.63, 3.8) is 0 Å². The van der Waals surface area contributed by atoms with Crippen LogP contribution >= 0.6 is 0 Å². The molecule has 0 bridgehead atoms. The van der Waals surface area contributed by atoms with Crippen LogP contribution in [-0.2, 0) is 32.9 Å². The number of carbonyl (C=O) groups excluding carboxylic acids is 3. The molecule has 3 aliphatic rings.